The topological polar surface area (TPSA) is 64.7 Å². The number of fused-ring (bicyclic) bond motifs is 1. The molecular weight excluding hydrogens is 285 g/mol. The van der Waals surface area contributed by atoms with Crippen LogP contribution in [0.5, 0.6) is 0 Å². The summed E-state index contributed by atoms with van der Waals surface area (Å²) in [6.45, 7) is 2.85. The Balaban J connectivity index is 1.66. The number of benzene rings is 1. The van der Waals surface area contributed by atoms with Crippen LogP contribution in [0.25, 0.3) is 11.0 Å². The van der Waals surface area contributed by atoms with Crippen LogP contribution in [0.4, 0.5) is 4.39 Å². The number of nitrogens with one attached hydrogen (secondary N) is 1. The zero-order valence-electron chi connectivity index (χ0n) is 12.4. The zero-order chi connectivity index (χ0) is 15.7. The van der Waals surface area contributed by atoms with E-state index in [2.05, 4.69) is 15.5 Å². The Kier molecular flexibility index (Phi) is 3.62. The van der Waals surface area contributed by atoms with Crippen LogP contribution in [0.2, 0.25) is 0 Å². The van der Waals surface area contributed by atoms with Gasteiger partial charge >= 0.3 is 0 Å². The van der Waals surface area contributed by atoms with Crippen LogP contribution in [-0.4, -0.2) is 32.0 Å². The number of aryl methyl sites for hydroxylation is 2. The summed E-state index contributed by atoms with van der Waals surface area (Å²) in [5.41, 5.74) is 3.12. The molecule has 3 aromatic rings. The molecule has 0 saturated carbocycles. The van der Waals surface area contributed by atoms with Gasteiger partial charge in [-0.15, -0.1) is 0 Å². The lowest BCUT2D eigenvalue weighted by Gasteiger charge is -2.06. The van der Waals surface area contributed by atoms with Gasteiger partial charge in [0.25, 0.3) is 5.91 Å². The molecule has 7 heteroatoms. The van der Waals surface area contributed by atoms with E-state index in [4.69, 9.17) is 0 Å². The van der Waals surface area contributed by atoms with Gasteiger partial charge in [-0.05, 0) is 25.1 Å². The van der Waals surface area contributed by atoms with Crippen LogP contribution in [-0.2, 0) is 13.6 Å². The molecule has 3 rings (SSSR count). The number of amides is 1. The first-order valence-electron chi connectivity index (χ1n) is 6.95. The number of rotatable bonds is 4. The molecule has 0 bridgehead atoms. The van der Waals surface area contributed by atoms with Gasteiger partial charge in [0.15, 0.2) is 0 Å². The van der Waals surface area contributed by atoms with E-state index in [9.17, 15) is 9.18 Å². The Morgan fingerprint density at radius 3 is 3.00 bits per heavy atom. The SMILES string of the molecule is Cc1nn(C)c2cnn(CCNC(=O)c3cccc(F)c3)c12. The van der Waals surface area contributed by atoms with Crippen LogP contribution in [0.1, 0.15) is 16.1 Å². The fourth-order valence-corrected chi connectivity index (χ4v) is 2.49. The van der Waals surface area contributed by atoms with E-state index in [1.54, 1.807) is 16.9 Å². The molecule has 0 atom stereocenters. The van der Waals surface area contributed by atoms with E-state index in [-0.39, 0.29) is 5.91 Å². The van der Waals surface area contributed by atoms with E-state index in [1.807, 2.05) is 18.7 Å². The third-order valence-corrected chi connectivity index (χ3v) is 3.51. The van der Waals surface area contributed by atoms with E-state index in [1.165, 1.54) is 18.2 Å². The van der Waals surface area contributed by atoms with E-state index in [0.717, 1.165) is 16.7 Å². The number of hydrogen-bond donors (Lipinski definition) is 1. The molecule has 0 aliphatic rings. The molecule has 1 aromatic carbocycles. The number of carbonyl (C=O) groups excluding carboxylic acids is 1. The Labute approximate surface area is 126 Å². The maximum Gasteiger partial charge on any atom is 0.251 e. The maximum absolute atomic E-state index is 13.1. The van der Waals surface area contributed by atoms with Crippen molar-refractivity contribution < 1.29 is 9.18 Å². The molecule has 114 valence electrons. The number of carbonyl (C=O) groups is 1. The molecule has 0 spiro atoms. The smallest absolute Gasteiger partial charge is 0.251 e. The van der Waals surface area contributed by atoms with Crippen molar-refractivity contribution in [1.82, 2.24) is 24.9 Å². The molecule has 0 radical (unpaired) electrons. The minimum absolute atomic E-state index is 0.300. The molecular formula is C15H16FN5O. The van der Waals surface area contributed by atoms with E-state index >= 15 is 0 Å². The first-order chi connectivity index (χ1) is 10.6. The standard InChI is InChI=1S/C15H16FN5O/c1-10-14-13(20(2)19-10)9-18-21(14)7-6-17-15(22)11-4-3-5-12(16)8-11/h3-5,8-9H,6-7H2,1-2H3,(H,17,22). The predicted octanol–water partition coefficient (Wildman–Crippen LogP) is 1.65. The molecule has 6 nitrogen and oxygen atoms in total. The summed E-state index contributed by atoms with van der Waals surface area (Å²) in [5, 5.41) is 11.4. The third-order valence-electron chi connectivity index (χ3n) is 3.51. The minimum atomic E-state index is -0.424. The summed E-state index contributed by atoms with van der Waals surface area (Å²) in [7, 11) is 1.87. The Morgan fingerprint density at radius 2 is 2.23 bits per heavy atom. The van der Waals surface area contributed by atoms with Crippen molar-refractivity contribution in [1.29, 1.82) is 0 Å². The quantitative estimate of drug-likeness (QED) is 0.797. The van der Waals surface area contributed by atoms with Gasteiger partial charge < -0.3 is 5.32 Å². The monoisotopic (exact) mass is 301 g/mol. The van der Waals surface area contributed by atoms with Gasteiger partial charge in [-0.25, -0.2) is 4.39 Å². The minimum Gasteiger partial charge on any atom is -0.350 e. The van der Waals surface area contributed by atoms with Gasteiger partial charge in [-0.3, -0.25) is 14.2 Å². The average Bonchev–Trinajstić information content (AvgIpc) is 3.02. The molecule has 0 unspecified atom stereocenters. The summed E-state index contributed by atoms with van der Waals surface area (Å²) < 4.78 is 16.7. The fraction of sp³-hybridized carbons (Fsp3) is 0.267. The first kappa shape index (κ1) is 14.2. The maximum atomic E-state index is 13.1. The van der Waals surface area contributed by atoms with Crippen molar-refractivity contribution in [3.05, 3.63) is 47.5 Å². The number of nitrogens with zero attached hydrogens (tertiary/aromatic N) is 4. The highest BCUT2D eigenvalue weighted by atomic mass is 19.1. The highest BCUT2D eigenvalue weighted by molar-refractivity contribution is 5.94. The van der Waals surface area contributed by atoms with Crippen LogP contribution >= 0.6 is 0 Å². The largest absolute Gasteiger partial charge is 0.350 e. The second-order valence-corrected chi connectivity index (χ2v) is 5.08. The molecule has 22 heavy (non-hydrogen) atoms. The van der Waals surface area contributed by atoms with Crippen molar-refractivity contribution in [2.24, 2.45) is 7.05 Å². The summed E-state index contributed by atoms with van der Waals surface area (Å²) in [6.07, 6.45) is 1.75. The molecule has 2 aromatic heterocycles. The summed E-state index contributed by atoms with van der Waals surface area (Å²) in [4.78, 5) is 11.9. The average molecular weight is 301 g/mol. The van der Waals surface area contributed by atoms with Crippen molar-refractivity contribution in [2.45, 2.75) is 13.5 Å². The second kappa shape index (κ2) is 5.59. The lowest BCUT2D eigenvalue weighted by molar-refractivity contribution is 0.0951. The number of hydrogen-bond acceptors (Lipinski definition) is 3. The fourth-order valence-electron chi connectivity index (χ4n) is 2.49. The van der Waals surface area contributed by atoms with Crippen LogP contribution < -0.4 is 5.32 Å². The van der Waals surface area contributed by atoms with Crippen LogP contribution in [0, 0.1) is 12.7 Å². The van der Waals surface area contributed by atoms with Crippen LogP contribution in [0.3, 0.4) is 0 Å². The van der Waals surface area contributed by atoms with E-state index < -0.39 is 5.82 Å². The molecule has 0 fully saturated rings. The van der Waals surface area contributed by atoms with Gasteiger partial charge in [-0.2, -0.15) is 10.2 Å². The summed E-state index contributed by atoms with van der Waals surface area (Å²) in [5.74, 6) is -0.724. The third kappa shape index (κ3) is 2.57. The van der Waals surface area contributed by atoms with Crippen LogP contribution in [0.15, 0.2) is 30.5 Å². The van der Waals surface area contributed by atoms with Crippen molar-refractivity contribution in [3.8, 4) is 0 Å². The molecule has 0 aliphatic heterocycles. The summed E-state index contributed by atoms with van der Waals surface area (Å²) >= 11 is 0. The molecule has 0 aliphatic carbocycles. The lowest BCUT2D eigenvalue weighted by atomic mass is 10.2. The van der Waals surface area contributed by atoms with Gasteiger partial charge in [0.1, 0.15) is 16.9 Å². The molecule has 1 N–H and O–H groups in total. The Morgan fingerprint density at radius 1 is 1.41 bits per heavy atom. The van der Waals surface area contributed by atoms with Gasteiger partial charge in [0.2, 0.25) is 0 Å². The lowest BCUT2D eigenvalue weighted by Crippen LogP contribution is -2.27. The highest BCUT2D eigenvalue weighted by Crippen LogP contribution is 2.16. The first-order valence-corrected chi connectivity index (χ1v) is 6.95. The molecule has 0 saturated heterocycles. The number of halogens is 1. The van der Waals surface area contributed by atoms with E-state index in [0.29, 0.717) is 18.7 Å². The predicted molar refractivity (Wildman–Crippen MR) is 80.0 cm³/mol. The van der Waals surface area contributed by atoms with Gasteiger partial charge in [0.05, 0.1) is 18.4 Å². The second-order valence-electron chi connectivity index (χ2n) is 5.08. The normalized spacial score (nSPS) is 11.0. The Bertz CT molecular complexity index is 836. The van der Waals surface area contributed by atoms with Gasteiger partial charge in [-0.1, -0.05) is 6.07 Å². The van der Waals surface area contributed by atoms with Crippen molar-refractivity contribution in [3.63, 3.8) is 0 Å². The van der Waals surface area contributed by atoms with Gasteiger partial charge in [0, 0.05) is 19.2 Å². The summed E-state index contributed by atoms with van der Waals surface area (Å²) in [6, 6.07) is 5.62. The molecule has 2 heterocycles. The molecule has 1 amide bonds. The highest BCUT2D eigenvalue weighted by Gasteiger charge is 2.12. The number of aromatic nitrogens is 4. The Hall–Kier alpha value is -2.70. The van der Waals surface area contributed by atoms with Crippen molar-refractivity contribution >= 4 is 16.9 Å². The van der Waals surface area contributed by atoms with Crippen molar-refractivity contribution in [2.75, 3.05) is 6.54 Å². The zero-order valence-corrected chi connectivity index (χ0v) is 12.4.